The van der Waals surface area contributed by atoms with Crippen LogP contribution in [0.25, 0.3) is 0 Å². The number of amides is 1. The molecular weight excluding hydrogens is 254 g/mol. The number of carbonyl (C=O) groups is 2. The molecule has 4 heteroatoms. The molecule has 20 heavy (non-hydrogen) atoms. The number of hydrogen-bond acceptors (Lipinski definition) is 3. The van der Waals surface area contributed by atoms with Gasteiger partial charge in [0.2, 0.25) is 5.91 Å². The minimum atomic E-state index is -1.20. The van der Waals surface area contributed by atoms with Crippen molar-refractivity contribution >= 4 is 11.9 Å². The number of nitrogens with one attached hydrogen (secondary N) is 1. The molecule has 1 aromatic rings. The standard InChI is InChI=1S/C16H23NO3/c1-16(2,3)13-6-4-12(5-7-13)10-11-17-14(18)8-9-15(19)20/h4-7H,8-11H2,1-3H3,(H,17,18)(H,19,20)/p-1. The molecule has 0 fully saturated rings. The van der Waals surface area contributed by atoms with Gasteiger partial charge >= 0.3 is 0 Å². The molecule has 0 radical (unpaired) electrons. The molecule has 4 nitrogen and oxygen atoms in total. The second-order valence-electron chi connectivity index (χ2n) is 5.92. The van der Waals surface area contributed by atoms with Crippen LogP contribution in [0.15, 0.2) is 24.3 Å². The minimum Gasteiger partial charge on any atom is -0.550 e. The molecule has 1 N–H and O–H groups in total. The lowest BCUT2D eigenvalue weighted by atomic mass is 9.86. The zero-order chi connectivity index (χ0) is 15.2. The van der Waals surface area contributed by atoms with Gasteiger partial charge in [-0.25, -0.2) is 0 Å². The van der Waals surface area contributed by atoms with Crippen LogP contribution in [0.2, 0.25) is 0 Å². The summed E-state index contributed by atoms with van der Waals surface area (Å²) < 4.78 is 0. The highest BCUT2D eigenvalue weighted by atomic mass is 16.4. The van der Waals surface area contributed by atoms with E-state index in [0.29, 0.717) is 6.54 Å². The van der Waals surface area contributed by atoms with Crippen LogP contribution in [-0.2, 0) is 21.4 Å². The molecule has 0 heterocycles. The van der Waals surface area contributed by atoms with Crippen molar-refractivity contribution in [2.45, 2.75) is 45.4 Å². The van der Waals surface area contributed by atoms with Crippen molar-refractivity contribution in [3.63, 3.8) is 0 Å². The van der Waals surface area contributed by atoms with Crippen molar-refractivity contribution in [2.75, 3.05) is 6.54 Å². The average Bonchev–Trinajstić information content (AvgIpc) is 2.36. The maximum Gasteiger partial charge on any atom is 0.220 e. The maximum absolute atomic E-state index is 11.3. The van der Waals surface area contributed by atoms with Gasteiger partial charge in [0.15, 0.2) is 0 Å². The van der Waals surface area contributed by atoms with Gasteiger partial charge in [0.1, 0.15) is 0 Å². The van der Waals surface area contributed by atoms with Crippen molar-refractivity contribution < 1.29 is 14.7 Å². The summed E-state index contributed by atoms with van der Waals surface area (Å²) in [4.78, 5) is 21.5. The zero-order valence-electron chi connectivity index (χ0n) is 12.4. The van der Waals surface area contributed by atoms with Crippen molar-refractivity contribution in [2.24, 2.45) is 0 Å². The maximum atomic E-state index is 11.3. The van der Waals surface area contributed by atoms with E-state index in [2.05, 4.69) is 50.4 Å². The van der Waals surface area contributed by atoms with Crippen LogP contribution in [0, 0.1) is 0 Å². The quantitative estimate of drug-likeness (QED) is 0.848. The fourth-order valence-electron chi connectivity index (χ4n) is 1.82. The molecule has 0 aliphatic heterocycles. The van der Waals surface area contributed by atoms with Crippen LogP contribution in [-0.4, -0.2) is 18.4 Å². The van der Waals surface area contributed by atoms with Crippen molar-refractivity contribution in [3.05, 3.63) is 35.4 Å². The molecule has 0 atom stereocenters. The summed E-state index contributed by atoms with van der Waals surface area (Å²) in [6, 6.07) is 8.34. The Morgan fingerprint density at radius 3 is 2.20 bits per heavy atom. The molecule has 1 rings (SSSR count). The summed E-state index contributed by atoms with van der Waals surface area (Å²) in [6.45, 7) is 7.01. The van der Waals surface area contributed by atoms with E-state index in [1.807, 2.05) is 0 Å². The Labute approximate surface area is 120 Å². The Hall–Kier alpha value is -1.84. The van der Waals surface area contributed by atoms with Crippen molar-refractivity contribution in [3.8, 4) is 0 Å². The first kappa shape index (κ1) is 16.2. The Balaban J connectivity index is 2.36. The van der Waals surface area contributed by atoms with E-state index < -0.39 is 5.97 Å². The fraction of sp³-hybridized carbons (Fsp3) is 0.500. The van der Waals surface area contributed by atoms with Crippen molar-refractivity contribution in [1.82, 2.24) is 5.32 Å². The van der Waals surface area contributed by atoms with Gasteiger partial charge < -0.3 is 15.2 Å². The largest absolute Gasteiger partial charge is 0.550 e. The highest BCUT2D eigenvalue weighted by Crippen LogP contribution is 2.22. The molecule has 0 saturated heterocycles. The molecule has 0 aromatic heterocycles. The number of hydrogen-bond donors (Lipinski definition) is 1. The molecule has 0 spiro atoms. The van der Waals surface area contributed by atoms with E-state index in [-0.39, 0.29) is 24.2 Å². The first-order chi connectivity index (χ1) is 9.29. The van der Waals surface area contributed by atoms with Gasteiger partial charge in [-0.3, -0.25) is 4.79 Å². The van der Waals surface area contributed by atoms with E-state index in [1.54, 1.807) is 0 Å². The molecule has 1 aromatic carbocycles. The Morgan fingerprint density at radius 2 is 1.70 bits per heavy atom. The van der Waals surface area contributed by atoms with Gasteiger partial charge in [-0.1, -0.05) is 45.0 Å². The second-order valence-corrected chi connectivity index (χ2v) is 5.92. The molecule has 0 saturated carbocycles. The van der Waals surface area contributed by atoms with Crippen molar-refractivity contribution in [1.29, 1.82) is 0 Å². The van der Waals surface area contributed by atoms with Gasteiger partial charge in [0.05, 0.1) is 0 Å². The second kappa shape index (κ2) is 7.08. The van der Waals surface area contributed by atoms with Crippen LogP contribution in [0.1, 0.15) is 44.7 Å². The van der Waals surface area contributed by atoms with Crippen LogP contribution < -0.4 is 10.4 Å². The fourth-order valence-corrected chi connectivity index (χ4v) is 1.82. The third-order valence-electron chi connectivity index (χ3n) is 3.11. The number of carbonyl (C=O) groups excluding carboxylic acids is 2. The van der Waals surface area contributed by atoms with Gasteiger partial charge in [0, 0.05) is 18.9 Å². The van der Waals surface area contributed by atoms with Gasteiger partial charge in [-0.2, -0.15) is 0 Å². The molecule has 0 aliphatic carbocycles. The van der Waals surface area contributed by atoms with E-state index >= 15 is 0 Å². The van der Waals surface area contributed by atoms with E-state index in [0.717, 1.165) is 12.0 Å². The Bertz CT molecular complexity index is 458. The van der Waals surface area contributed by atoms with E-state index in [1.165, 1.54) is 5.56 Å². The van der Waals surface area contributed by atoms with Gasteiger partial charge in [0.25, 0.3) is 0 Å². The predicted molar refractivity (Wildman–Crippen MR) is 76.1 cm³/mol. The first-order valence-corrected chi connectivity index (χ1v) is 6.85. The summed E-state index contributed by atoms with van der Waals surface area (Å²) in [5.41, 5.74) is 2.56. The Morgan fingerprint density at radius 1 is 1.10 bits per heavy atom. The molecular formula is C16H22NO3-. The van der Waals surface area contributed by atoms with E-state index in [9.17, 15) is 14.7 Å². The third-order valence-corrected chi connectivity index (χ3v) is 3.11. The first-order valence-electron chi connectivity index (χ1n) is 6.85. The highest BCUT2D eigenvalue weighted by Gasteiger charge is 2.12. The lowest BCUT2D eigenvalue weighted by molar-refractivity contribution is -0.305. The molecule has 1 amide bonds. The molecule has 0 aliphatic rings. The Kier molecular flexibility index (Phi) is 5.74. The number of carboxylic acid groups (broad SMARTS) is 1. The normalized spacial score (nSPS) is 11.2. The lowest BCUT2D eigenvalue weighted by Crippen LogP contribution is -2.29. The summed E-state index contributed by atoms with van der Waals surface area (Å²) in [6.07, 6.45) is 0.485. The van der Waals surface area contributed by atoms with Crippen LogP contribution in [0.3, 0.4) is 0 Å². The van der Waals surface area contributed by atoms with Gasteiger partial charge in [-0.05, 0) is 29.4 Å². The topological polar surface area (TPSA) is 69.2 Å². The number of aliphatic carboxylic acids is 1. The molecule has 0 unspecified atom stereocenters. The summed E-state index contributed by atoms with van der Waals surface area (Å²) in [5, 5.41) is 12.9. The highest BCUT2D eigenvalue weighted by molar-refractivity contribution is 5.79. The third kappa shape index (κ3) is 5.87. The lowest BCUT2D eigenvalue weighted by Gasteiger charge is -2.19. The average molecular weight is 276 g/mol. The minimum absolute atomic E-state index is 0.0225. The predicted octanol–water partition coefficient (Wildman–Crippen LogP) is 1.17. The molecule has 110 valence electrons. The summed E-state index contributed by atoms with van der Waals surface area (Å²) >= 11 is 0. The SMILES string of the molecule is CC(C)(C)c1ccc(CCNC(=O)CCC(=O)[O-])cc1. The summed E-state index contributed by atoms with van der Waals surface area (Å²) in [5.74, 6) is -1.45. The number of benzene rings is 1. The summed E-state index contributed by atoms with van der Waals surface area (Å²) in [7, 11) is 0. The van der Waals surface area contributed by atoms with E-state index in [4.69, 9.17) is 0 Å². The number of rotatable bonds is 6. The van der Waals surface area contributed by atoms with Crippen LogP contribution in [0.4, 0.5) is 0 Å². The van der Waals surface area contributed by atoms with Crippen LogP contribution >= 0.6 is 0 Å². The number of carboxylic acids is 1. The molecule has 0 bridgehead atoms. The monoisotopic (exact) mass is 276 g/mol. The van der Waals surface area contributed by atoms with Gasteiger partial charge in [-0.15, -0.1) is 0 Å². The smallest absolute Gasteiger partial charge is 0.220 e. The zero-order valence-corrected chi connectivity index (χ0v) is 12.4. The van der Waals surface area contributed by atoms with Crippen LogP contribution in [0.5, 0.6) is 0 Å².